The lowest BCUT2D eigenvalue weighted by Crippen LogP contribution is -2.48. The van der Waals surface area contributed by atoms with E-state index >= 15 is 0 Å². The van der Waals surface area contributed by atoms with Crippen molar-refractivity contribution in [3.8, 4) is 0 Å². The van der Waals surface area contributed by atoms with Gasteiger partial charge in [0.15, 0.2) is 0 Å². The Morgan fingerprint density at radius 1 is 1.45 bits per heavy atom. The highest BCUT2D eigenvalue weighted by Crippen LogP contribution is 2.20. The molecule has 0 amide bonds. The van der Waals surface area contributed by atoms with Gasteiger partial charge in [-0.05, 0) is 25.1 Å². The number of hydrogen-bond acceptors (Lipinski definition) is 3. The van der Waals surface area contributed by atoms with E-state index in [9.17, 15) is 0 Å². The summed E-state index contributed by atoms with van der Waals surface area (Å²) >= 11 is 6.02. The summed E-state index contributed by atoms with van der Waals surface area (Å²) in [7, 11) is 2.07. The van der Waals surface area contributed by atoms with Crippen LogP contribution in [0.5, 0.6) is 0 Å². The predicted molar refractivity (Wildman–Crippen MR) is 85.7 cm³/mol. The standard InChI is InChI=1S/C14H19ClN4.ClH/c1-10-8-19(6-5-16-10)9-14-17-12-7-11(15)3-4-13(12)18(14)2;/h3-4,7,10,16H,5-6,8-9H2,1-2H3;1H/t10-;/m1./s1. The third kappa shape index (κ3) is 3.09. The number of hydrogen-bond donors (Lipinski definition) is 1. The van der Waals surface area contributed by atoms with Gasteiger partial charge in [-0.25, -0.2) is 4.98 Å². The monoisotopic (exact) mass is 314 g/mol. The molecule has 3 rings (SSSR count). The zero-order valence-corrected chi connectivity index (χ0v) is 13.3. The maximum Gasteiger partial charge on any atom is 0.123 e. The van der Waals surface area contributed by atoms with Gasteiger partial charge in [0.2, 0.25) is 0 Å². The van der Waals surface area contributed by atoms with Crippen molar-refractivity contribution in [3.05, 3.63) is 29.0 Å². The minimum atomic E-state index is 0. The molecule has 0 aliphatic carbocycles. The molecular weight excluding hydrogens is 295 g/mol. The highest BCUT2D eigenvalue weighted by atomic mass is 35.5. The fraction of sp³-hybridized carbons (Fsp3) is 0.500. The quantitative estimate of drug-likeness (QED) is 0.924. The summed E-state index contributed by atoms with van der Waals surface area (Å²) in [5, 5.41) is 4.20. The Hall–Kier alpha value is -0.810. The lowest BCUT2D eigenvalue weighted by Gasteiger charge is -2.31. The number of aromatic nitrogens is 2. The maximum atomic E-state index is 6.02. The van der Waals surface area contributed by atoms with Crippen LogP contribution < -0.4 is 5.32 Å². The summed E-state index contributed by atoms with van der Waals surface area (Å²) in [5.41, 5.74) is 2.12. The molecule has 0 spiro atoms. The number of nitrogens with one attached hydrogen (secondary N) is 1. The van der Waals surface area contributed by atoms with Gasteiger partial charge in [0, 0.05) is 37.7 Å². The van der Waals surface area contributed by atoms with Gasteiger partial charge in [-0.15, -0.1) is 12.4 Å². The predicted octanol–water partition coefficient (Wildman–Crippen LogP) is 2.44. The number of rotatable bonds is 2. The largest absolute Gasteiger partial charge is 0.330 e. The van der Waals surface area contributed by atoms with E-state index in [4.69, 9.17) is 16.6 Å². The third-order valence-electron chi connectivity index (χ3n) is 3.75. The highest BCUT2D eigenvalue weighted by molar-refractivity contribution is 6.31. The Morgan fingerprint density at radius 2 is 2.25 bits per heavy atom. The average molecular weight is 315 g/mol. The number of halogens is 2. The van der Waals surface area contributed by atoms with Crippen molar-refractivity contribution in [2.45, 2.75) is 19.5 Å². The van der Waals surface area contributed by atoms with Gasteiger partial charge in [0.05, 0.1) is 17.6 Å². The van der Waals surface area contributed by atoms with E-state index in [-0.39, 0.29) is 12.4 Å². The van der Waals surface area contributed by atoms with Crippen LogP contribution in [0.15, 0.2) is 18.2 Å². The molecule has 1 atom stereocenters. The number of piperazine rings is 1. The van der Waals surface area contributed by atoms with Crippen LogP contribution in [0.1, 0.15) is 12.7 Å². The van der Waals surface area contributed by atoms with Crippen molar-refractivity contribution in [2.75, 3.05) is 19.6 Å². The molecule has 1 saturated heterocycles. The highest BCUT2D eigenvalue weighted by Gasteiger charge is 2.18. The zero-order valence-electron chi connectivity index (χ0n) is 11.8. The normalized spacial score (nSPS) is 20.1. The van der Waals surface area contributed by atoms with Crippen LogP contribution >= 0.6 is 24.0 Å². The molecule has 20 heavy (non-hydrogen) atoms. The Kier molecular flexibility index (Phi) is 4.91. The van der Waals surface area contributed by atoms with E-state index in [0.717, 1.165) is 48.1 Å². The minimum Gasteiger partial charge on any atom is -0.330 e. The van der Waals surface area contributed by atoms with Crippen LogP contribution in [0.3, 0.4) is 0 Å². The van der Waals surface area contributed by atoms with Crippen LogP contribution in [0, 0.1) is 0 Å². The molecule has 4 nitrogen and oxygen atoms in total. The van der Waals surface area contributed by atoms with Gasteiger partial charge in [-0.2, -0.15) is 0 Å². The molecule has 2 heterocycles. The summed E-state index contributed by atoms with van der Waals surface area (Å²) in [6.45, 7) is 6.32. The second-order valence-electron chi connectivity index (χ2n) is 5.31. The first-order valence-corrected chi connectivity index (χ1v) is 7.08. The van der Waals surface area contributed by atoms with Gasteiger partial charge in [-0.3, -0.25) is 4.90 Å². The van der Waals surface area contributed by atoms with Crippen LogP contribution in [0.4, 0.5) is 0 Å². The molecular formula is C14H20Cl2N4. The summed E-state index contributed by atoms with van der Waals surface area (Å²) in [4.78, 5) is 7.16. The van der Waals surface area contributed by atoms with Crippen molar-refractivity contribution in [1.82, 2.24) is 19.8 Å². The molecule has 0 radical (unpaired) electrons. The molecule has 1 N–H and O–H groups in total. The van der Waals surface area contributed by atoms with Crippen molar-refractivity contribution < 1.29 is 0 Å². The third-order valence-corrected chi connectivity index (χ3v) is 3.99. The SMILES string of the molecule is C[C@@H]1CN(Cc2nc3cc(Cl)ccc3n2C)CCN1.Cl. The topological polar surface area (TPSA) is 33.1 Å². The van der Waals surface area contributed by atoms with Crippen molar-refractivity contribution in [2.24, 2.45) is 7.05 Å². The Bertz CT molecular complexity index is 596. The average Bonchev–Trinajstić information content (AvgIpc) is 2.66. The molecule has 1 aromatic carbocycles. The minimum absolute atomic E-state index is 0. The first-order chi connectivity index (χ1) is 9.13. The lowest BCUT2D eigenvalue weighted by atomic mass is 10.2. The van der Waals surface area contributed by atoms with E-state index in [1.54, 1.807) is 0 Å². The second-order valence-corrected chi connectivity index (χ2v) is 5.75. The fourth-order valence-corrected chi connectivity index (χ4v) is 2.89. The molecule has 1 aromatic heterocycles. The molecule has 2 aromatic rings. The number of imidazole rings is 1. The first kappa shape index (κ1) is 15.6. The first-order valence-electron chi connectivity index (χ1n) is 6.70. The van der Waals surface area contributed by atoms with Crippen LogP contribution in [0.25, 0.3) is 11.0 Å². The number of fused-ring (bicyclic) bond motifs is 1. The van der Waals surface area contributed by atoms with Crippen molar-refractivity contribution >= 4 is 35.0 Å². The van der Waals surface area contributed by atoms with E-state index < -0.39 is 0 Å². The van der Waals surface area contributed by atoms with E-state index in [1.165, 1.54) is 0 Å². The molecule has 1 aliphatic heterocycles. The Labute approximate surface area is 130 Å². The summed E-state index contributed by atoms with van der Waals surface area (Å²) in [6, 6.07) is 6.44. The summed E-state index contributed by atoms with van der Waals surface area (Å²) in [6.07, 6.45) is 0. The van der Waals surface area contributed by atoms with Crippen molar-refractivity contribution in [3.63, 3.8) is 0 Å². The van der Waals surface area contributed by atoms with Gasteiger partial charge in [0.25, 0.3) is 0 Å². The Balaban J connectivity index is 0.00000147. The second kappa shape index (κ2) is 6.31. The molecule has 0 unspecified atom stereocenters. The molecule has 0 bridgehead atoms. The van der Waals surface area contributed by atoms with Crippen LogP contribution in [0.2, 0.25) is 5.02 Å². The fourth-order valence-electron chi connectivity index (χ4n) is 2.72. The van der Waals surface area contributed by atoms with Crippen LogP contribution in [-0.4, -0.2) is 40.1 Å². The van der Waals surface area contributed by atoms with E-state index in [2.05, 4.69) is 28.8 Å². The van der Waals surface area contributed by atoms with Gasteiger partial charge >= 0.3 is 0 Å². The van der Waals surface area contributed by atoms with Gasteiger partial charge in [0.1, 0.15) is 5.82 Å². The maximum absolute atomic E-state index is 6.02. The molecule has 6 heteroatoms. The summed E-state index contributed by atoms with van der Waals surface area (Å²) < 4.78 is 2.17. The molecule has 1 fully saturated rings. The van der Waals surface area contributed by atoms with Gasteiger partial charge in [-0.1, -0.05) is 11.6 Å². The Morgan fingerprint density at radius 3 is 3.00 bits per heavy atom. The molecule has 1 aliphatic rings. The lowest BCUT2D eigenvalue weighted by molar-refractivity contribution is 0.194. The molecule has 110 valence electrons. The number of benzene rings is 1. The number of aryl methyl sites for hydroxylation is 1. The molecule has 0 saturated carbocycles. The zero-order chi connectivity index (χ0) is 13.4. The van der Waals surface area contributed by atoms with Crippen LogP contribution in [-0.2, 0) is 13.6 Å². The smallest absolute Gasteiger partial charge is 0.123 e. The summed E-state index contributed by atoms with van der Waals surface area (Å²) in [5.74, 6) is 1.10. The van der Waals surface area contributed by atoms with Gasteiger partial charge < -0.3 is 9.88 Å². The van der Waals surface area contributed by atoms with E-state index in [0.29, 0.717) is 6.04 Å². The van der Waals surface area contributed by atoms with Crippen molar-refractivity contribution in [1.29, 1.82) is 0 Å². The van der Waals surface area contributed by atoms with E-state index in [1.807, 2.05) is 18.2 Å². The number of nitrogens with zero attached hydrogens (tertiary/aromatic N) is 3.